The summed E-state index contributed by atoms with van der Waals surface area (Å²) in [5.41, 5.74) is 1.90. The Kier molecular flexibility index (Phi) is 3.68. The number of phenols is 1. The van der Waals surface area contributed by atoms with Crippen LogP contribution in [0.4, 0.5) is 0 Å². The molecule has 0 radical (unpaired) electrons. The molecule has 0 aromatic heterocycles. The van der Waals surface area contributed by atoms with E-state index in [2.05, 4.69) is 42.2 Å². The summed E-state index contributed by atoms with van der Waals surface area (Å²) in [4.78, 5) is 10.8. The molecule has 0 bridgehead atoms. The van der Waals surface area contributed by atoms with Gasteiger partial charge >= 0.3 is 0 Å². The number of aromatic hydroxyl groups is 1. The van der Waals surface area contributed by atoms with Crippen LogP contribution in [0.5, 0.6) is 5.75 Å². The first-order chi connectivity index (χ1) is 12.3. The van der Waals surface area contributed by atoms with E-state index in [9.17, 15) is 9.90 Å². The van der Waals surface area contributed by atoms with Gasteiger partial charge in [0, 0.05) is 11.1 Å². The Hall–Kier alpha value is -3.57. The Bertz CT molecular complexity index is 1120. The normalized spacial score (nSPS) is 10.4. The molecule has 118 valence electrons. The number of hydrogen-bond donors (Lipinski definition) is 1. The van der Waals surface area contributed by atoms with Gasteiger partial charge in [0.1, 0.15) is 5.75 Å². The molecule has 1 N–H and O–H groups in total. The minimum absolute atomic E-state index is 0.0513. The van der Waals surface area contributed by atoms with Crippen LogP contribution < -0.4 is 0 Å². The van der Waals surface area contributed by atoms with Crippen LogP contribution in [0, 0.1) is 11.8 Å². The zero-order valence-corrected chi connectivity index (χ0v) is 13.4. The molecule has 0 aliphatic rings. The number of hydrogen-bond acceptors (Lipinski definition) is 2. The molecule has 0 aliphatic carbocycles. The van der Waals surface area contributed by atoms with Gasteiger partial charge in [-0.15, -0.1) is 0 Å². The highest BCUT2D eigenvalue weighted by molar-refractivity contribution is 6.04. The molecule has 2 heteroatoms. The van der Waals surface area contributed by atoms with Crippen molar-refractivity contribution in [2.75, 3.05) is 0 Å². The molecule has 4 aromatic rings. The van der Waals surface area contributed by atoms with Gasteiger partial charge < -0.3 is 5.11 Å². The topological polar surface area (TPSA) is 37.3 Å². The number of phenolic OH excluding ortho intramolecular Hbond substituents is 1. The van der Waals surface area contributed by atoms with E-state index in [0.717, 1.165) is 27.1 Å². The van der Waals surface area contributed by atoms with Crippen LogP contribution in [0.25, 0.3) is 21.5 Å². The zero-order valence-electron chi connectivity index (χ0n) is 13.4. The lowest BCUT2D eigenvalue weighted by molar-refractivity contribution is 0.112. The molecule has 0 heterocycles. The minimum atomic E-state index is -0.0513. The highest BCUT2D eigenvalue weighted by Gasteiger charge is 2.05. The second kappa shape index (κ2) is 6.14. The molecule has 4 aromatic carbocycles. The van der Waals surface area contributed by atoms with Crippen molar-refractivity contribution in [2.24, 2.45) is 0 Å². The van der Waals surface area contributed by atoms with Crippen molar-refractivity contribution in [2.45, 2.75) is 0 Å². The van der Waals surface area contributed by atoms with Crippen LogP contribution in [-0.4, -0.2) is 11.4 Å². The Balaban J connectivity index is 1.94. The molecule has 0 saturated heterocycles. The predicted octanol–water partition coefficient (Wildman–Crippen LogP) is 4.91. The van der Waals surface area contributed by atoms with Gasteiger partial charge in [-0.2, -0.15) is 0 Å². The van der Waals surface area contributed by atoms with Crippen molar-refractivity contribution >= 4 is 27.8 Å². The van der Waals surface area contributed by atoms with E-state index in [1.807, 2.05) is 24.3 Å². The summed E-state index contributed by atoms with van der Waals surface area (Å²) in [6, 6.07) is 23.4. The fourth-order valence-corrected chi connectivity index (χ4v) is 3.00. The summed E-state index contributed by atoms with van der Waals surface area (Å²) in [5, 5.41) is 14.3. The lowest BCUT2D eigenvalue weighted by atomic mass is 9.97. The van der Waals surface area contributed by atoms with E-state index < -0.39 is 0 Å². The number of benzene rings is 4. The largest absolute Gasteiger partial charge is 0.507 e. The number of aldehydes is 1. The van der Waals surface area contributed by atoms with Gasteiger partial charge in [-0.1, -0.05) is 60.4 Å². The third kappa shape index (κ3) is 2.73. The number of rotatable bonds is 1. The van der Waals surface area contributed by atoms with E-state index in [1.165, 1.54) is 6.07 Å². The molecule has 25 heavy (non-hydrogen) atoms. The van der Waals surface area contributed by atoms with Crippen molar-refractivity contribution in [1.29, 1.82) is 0 Å². The fraction of sp³-hybridized carbons (Fsp3) is 0. The Morgan fingerprint density at radius 2 is 1.40 bits per heavy atom. The third-order valence-corrected chi connectivity index (χ3v) is 4.26. The van der Waals surface area contributed by atoms with Crippen molar-refractivity contribution < 1.29 is 9.90 Å². The summed E-state index contributed by atoms with van der Waals surface area (Å²) in [6.07, 6.45) is 0.630. The number of fused-ring (bicyclic) bond motifs is 2. The maximum Gasteiger partial charge on any atom is 0.153 e. The first kappa shape index (κ1) is 15.0. The summed E-state index contributed by atoms with van der Waals surface area (Å²) in [6.45, 7) is 0. The average Bonchev–Trinajstić information content (AvgIpc) is 2.65. The van der Waals surface area contributed by atoms with Crippen molar-refractivity contribution in [3.05, 3.63) is 89.5 Å². The van der Waals surface area contributed by atoms with Gasteiger partial charge in [-0.25, -0.2) is 0 Å². The van der Waals surface area contributed by atoms with E-state index in [4.69, 9.17) is 0 Å². The zero-order chi connectivity index (χ0) is 17.2. The summed E-state index contributed by atoms with van der Waals surface area (Å²) in [7, 11) is 0. The quantitative estimate of drug-likeness (QED) is 0.307. The van der Waals surface area contributed by atoms with Gasteiger partial charge in [-0.3, -0.25) is 4.79 Å². The van der Waals surface area contributed by atoms with Gasteiger partial charge in [0.25, 0.3) is 0 Å². The molecule has 0 fully saturated rings. The number of carbonyl (C=O) groups is 1. The lowest BCUT2D eigenvalue weighted by Gasteiger charge is -2.06. The van der Waals surface area contributed by atoms with Gasteiger partial charge in [0.2, 0.25) is 0 Å². The smallest absolute Gasteiger partial charge is 0.153 e. The third-order valence-electron chi connectivity index (χ3n) is 4.26. The molecule has 0 unspecified atom stereocenters. The van der Waals surface area contributed by atoms with E-state index >= 15 is 0 Å². The Labute approximate surface area is 145 Å². The van der Waals surface area contributed by atoms with Crippen molar-refractivity contribution in [3.63, 3.8) is 0 Å². The van der Waals surface area contributed by atoms with Crippen LogP contribution in [0.1, 0.15) is 21.5 Å². The van der Waals surface area contributed by atoms with Gasteiger partial charge in [0.15, 0.2) is 6.29 Å². The highest BCUT2D eigenvalue weighted by atomic mass is 16.3. The van der Waals surface area contributed by atoms with Gasteiger partial charge in [0.05, 0.1) is 5.56 Å². The second-order valence-electron chi connectivity index (χ2n) is 5.84. The minimum Gasteiger partial charge on any atom is -0.507 e. The molecule has 0 atom stereocenters. The first-order valence-electron chi connectivity index (χ1n) is 7.97. The summed E-state index contributed by atoms with van der Waals surface area (Å²) in [5.74, 6) is 6.32. The molecule has 0 saturated carbocycles. The van der Waals surface area contributed by atoms with Crippen LogP contribution in [-0.2, 0) is 0 Å². The molecule has 2 nitrogen and oxygen atoms in total. The average molecular weight is 322 g/mol. The SMILES string of the molecule is O=Cc1ccc(C#Cc2c3ccccc3cc3ccccc23)cc1O. The second-order valence-corrected chi connectivity index (χ2v) is 5.84. The van der Waals surface area contributed by atoms with Crippen molar-refractivity contribution in [1.82, 2.24) is 0 Å². The molecule has 4 rings (SSSR count). The predicted molar refractivity (Wildman–Crippen MR) is 101 cm³/mol. The fourth-order valence-electron chi connectivity index (χ4n) is 3.00. The van der Waals surface area contributed by atoms with Crippen LogP contribution >= 0.6 is 0 Å². The van der Waals surface area contributed by atoms with E-state index in [1.54, 1.807) is 12.1 Å². The van der Waals surface area contributed by atoms with Crippen molar-refractivity contribution in [3.8, 4) is 17.6 Å². The molecular weight excluding hydrogens is 308 g/mol. The molecule has 0 amide bonds. The molecule has 0 spiro atoms. The Morgan fingerprint density at radius 1 is 0.760 bits per heavy atom. The van der Waals surface area contributed by atoms with Crippen LogP contribution in [0.2, 0.25) is 0 Å². The van der Waals surface area contributed by atoms with E-state index in [0.29, 0.717) is 11.8 Å². The number of carbonyl (C=O) groups excluding carboxylic acids is 1. The highest BCUT2D eigenvalue weighted by Crippen LogP contribution is 2.28. The first-order valence-corrected chi connectivity index (χ1v) is 7.97. The maximum atomic E-state index is 10.8. The summed E-state index contributed by atoms with van der Waals surface area (Å²) < 4.78 is 0. The molecule has 0 aliphatic heterocycles. The maximum absolute atomic E-state index is 10.8. The molecular formula is C23H14O2. The van der Waals surface area contributed by atoms with Gasteiger partial charge in [-0.05, 0) is 45.8 Å². The summed E-state index contributed by atoms with van der Waals surface area (Å²) >= 11 is 0. The van der Waals surface area contributed by atoms with Crippen LogP contribution in [0.15, 0.2) is 72.8 Å². The van der Waals surface area contributed by atoms with Crippen LogP contribution in [0.3, 0.4) is 0 Å². The lowest BCUT2D eigenvalue weighted by Crippen LogP contribution is -1.85. The standard InChI is InChI=1S/C23H14O2/c24-15-19-11-9-16(13-23(19)25)10-12-22-20-7-3-1-5-17(20)14-18-6-2-4-8-21(18)22/h1-9,11,13-15,25H. The van der Waals surface area contributed by atoms with E-state index in [-0.39, 0.29) is 11.3 Å². The Morgan fingerprint density at radius 3 is 2.00 bits per heavy atom. The monoisotopic (exact) mass is 322 g/mol.